The molecule has 0 fully saturated rings. The molecule has 0 saturated heterocycles. The number of esters is 1. The van der Waals surface area contributed by atoms with Crippen LogP contribution in [0, 0.1) is 5.41 Å². The van der Waals surface area contributed by atoms with Crippen molar-refractivity contribution < 1.29 is 9.53 Å². The minimum atomic E-state index is -0.0373. The van der Waals surface area contributed by atoms with E-state index in [0.29, 0.717) is 18.4 Å². The van der Waals surface area contributed by atoms with Gasteiger partial charge in [0.15, 0.2) is 0 Å². The Balaban J connectivity index is 3.13. The number of hydrogen-bond donors (Lipinski definition) is 0. The summed E-state index contributed by atoms with van der Waals surface area (Å²) in [6.45, 7) is 9.31. The zero-order valence-electron chi connectivity index (χ0n) is 13.6. The Bertz CT molecular complexity index is 216. The van der Waals surface area contributed by atoms with Gasteiger partial charge in [0.1, 0.15) is 0 Å². The number of ether oxygens (including phenoxy) is 1. The molecule has 0 aliphatic rings. The Morgan fingerprint density at radius 1 is 0.842 bits per heavy atom. The Morgan fingerprint density at radius 2 is 1.32 bits per heavy atom. The molecule has 0 radical (unpaired) electrons. The zero-order chi connectivity index (χ0) is 14.6. The van der Waals surface area contributed by atoms with Crippen LogP contribution in [-0.4, -0.2) is 12.6 Å². The van der Waals surface area contributed by atoms with Gasteiger partial charge < -0.3 is 4.74 Å². The van der Waals surface area contributed by atoms with Gasteiger partial charge >= 0.3 is 5.97 Å². The maximum atomic E-state index is 11.1. The summed E-state index contributed by atoms with van der Waals surface area (Å²) in [7, 11) is 0. The molecule has 0 atom stereocenters. The van der Waals surface area contributed by atoms with E-state index in [4.69, 9.17) is 4.74 Å². The van der Waals surface area contributed by atoms with Crippen molar-refractivity contribution in [1.82, 2.24) is 0 Å². The highest BCUT2D eigenvalue weighted by atomic mass is 16.5. The lowest BCUT2D eigenvalue weighted by Gasteiger charge is -2.17. The first-order valence-electron chi connectivity index (χ1n) is 8.11. The first kappa shape index (κ1) is 18.5. The first-order chi connectivity index (χ1) is 8.95. The summed E-state index contributed by atoms with van der Waals surface area (Å²) in [5.41, 5.74) is 0.493. The third-order valence-corrected chi connectivity index (χ3v) is 3.36. The van der Waals surface area contributed by atoms with Crippen molar-refractivity contribution in [2.45, 2.75) is 91.9 Å². The highest BCUT2D eigenvalue weighted by Gasteiger charge is 2.08. The topological polar surface area (TPSA) is 26.3 Å². The molecule has 2 nitrogen and oxygen atoms in total. The summed E-state index contributed by atoms with van der Waals surface area (Å²) >= 11 is 0. The Kier molecular flexibility index (Phi) is 11.0. The van der Waals surface area contributed by atoms with Gasteiger partial charge in [-0.1, -0.05) is 65.7 Å². The second-order valence-corrected chi connectivity index (χ2v) is 6.69. The van der Waals surface area contributed by atoms with Gasteiger partial charge in [-0.25, -0.2) is 0 Å². The number of carbonyl (C=O) groups is 1. The molecule has 0 saturated carbocycles. The molecule has 0 aromatic carbocycles. The number of carbonyl (C=O) groups excluding carboxylic acids is 1. The van der Waals surface area contributed by atoms with Gasteiger partial charge in [-0.2, -0.15) is 0 Å². The zero-order valence-corrected chi connectivity index (χ0v) is 13.6. The molecule has 2 heteroatoms. The smallest absolute Gasteiger partial charge is 0.305 e. The lowest BCUT2D eigenvalue weighted by atomic mass is 9.89. The maximum absolute atomic E-state index is 11.1. The minimum Gasteiger partial charge on any atom is -0.466 e. The predicted octanol–water partition coefficient (Wildman–Crippen LogP) is 5.50. The van der Waals surface area contributed by atoms with Crippen LogP contribution < -0.4 is 0 Å². The molecule has 0 unspecified atom stereocenters. The minimum absolute atomic E-state index is 0.0373. The van der Waals surface area contributed by atoms with Crippen molar-refractivity contribution in [2.75, 3.05) is 6.61 Å². The molecule has 0 aromatic heterocycles. The van der Waals surface area contributed by atoms with Crippen LogP contribution >= 0.6 is 0 Å². The van der Waals surface area contributed by atoms with Gasteiger partial charge in [0, 0.05) is 6.42 Å². The Morgan fingerprint density at radius 3 is 1.79 bits per heavy atom. The van der Waals surface area contributed by atoms with Crippen LogP contribution in [0.15, 0.2) is 0 Å². The summed E-state index contributed by atoms with van der Waals surface area (Å²) in [6, 6.07) is 0. The van der Waals surface area contributed by atoms with Crippen molar-refractivity contribution in [1.29, 1.82) is 0 Å². The van der Waals surface area contributed by atoms with Crippen molar-refractivity contribution in [3.05, 3.63) is 0 Å². The molecule has 0 amide bonds. The summed E-state index contributed by atoms with van der Waals surface area (Å²) in [6.07, 6.45) is 12.1. The summed E-state index contributed by atoms with van der Waals surface area (Å²) < 4.78 is 4.90. The second-order valence-electron chi connectivity index (χ2n) is 6.69. The molecule has 0 rings (SSSR count). The standard InChI is InChI=1S/C17H34O2/c1-5-19-16(18)14-12-10-8-6-7-9-11-13-15-17(2,3)4/h5-15H2,1-4H3. The van der Waals surface area contributed by atoms with Crippen LogP contribution in [0.1, 0.15) is 91.9 Å². The molecule has 19 heavy (non-hydrogen) atoms. The fourth-order valence-electron chi connectivity index (χ4n) is 2.22. The van der Waals surface area contributed by atoms with E-state index < -0.39 is 0 Å². The van der Waals surface area contributed by atoms with Crippen molar-refractivity contribution in [2.24, 2.45) is 5.41 Å². The van der Waals surface area contributed by atoms with Gasteiger partial charge in [-0.15, -0.1) is 0 Å². The molecule has 0 aromatic rings. The highest BCUT2D eigenvalue weighted by Crippen LogP contribution is 2.22. The fraction of sp³-hybridized carbons (Fsp3) is 0.941. The molecule has 0 bridgehead atoms. The van der Waals surface area contributed by atoms with E-state index in [-0.39, 0.29) is 5.97 Å². The van der Waals surface area contributed by atoms with Crippen LogP contribution in [0.25, 0.3) is 0 Å². The van der Waals surface area contributed by atoms with Crippen molar-refractivity contribution >= 4 is 5.97 Å². The normalized spacial score (nSPS) is 11.6. The third-order valence-electron chi connectivity index (χ3n) is 3.36. The highest BCUT2D eigenvalue weighted by molar-refractivity contribution is 5.69. The summed E-state index contributed by atoms with van der Waals surface area (Å²) in [5.74, 6) is -0.0373. The molecule has 0 aliphatic carbocycles. The molecular weight excluding hydrogens is 236 g/mol. The molecule has 0 heterocycles. The molecule has 0 N–H and O–H groups in total. The number of hydrogen-bond acceptors (Lipinski definition) is 2. The Labute approximate surface area is 120 Å². The number of unbranched alkanes of at least 4 members (excludes halogenated alkanes) is 7. The Hall–Kier alpha value is -0.530. The van der Waals surface area contributed by atoms with Gasteiger partial charge in [0.05, 0.1) is 6.61 Å². The lowest BCUT2D eigenvalue weighted by Crippen LogP contribution is -2.03. The van der Waals surface area contributed by atoms with Crippen LogP contribution in [0.2, 0.25) is 0 Å². The monoisotopic (exact) mass is 270 g/mol. The van der Waals surface area contributed by atoms with Crippen LogP contribution in [0.3, 0.4) is 0 Å². The largest absolute Gasteiger partial charge is 0.466 e. The van der Waals surface area contributed by atoms with Gasteiger partial charge in [-0.05, 0) is 25.2 Å². The van der Waals surface area contributed by atoms with E-state index in [2.05, 4.69) is 20.8 Å². The van der Waals surface area contributed by atoms with E-state index in [1.807, 2.05) is 6.92 Å². The predicted molar refractivity (Wildman–Crippen MR) is 82.3 cm³/mol. The van der Waals surface area contributed by atoms with Crippen LogP contribution in [0.5, 0.6) is 0 Å². The lowest BCUT2D eigenvalue weighted by molar-refractivity contribution is -0.143. The van der Waals surface area contributed by atoms with Gasteiger partial charge in [0.2, 0.25) is 0 Å². The summed E-state index contributed by atoms with van der Waals surface area (Å²) in [5, 5.41) is 0. The molecule has 0 aliphatic heterocycles. The molecular formula is C17H34O2. The van der Waals surface area contributed by atoms with E-state index in [9.17, 15) is 4.79 Å². The van der Waals surface area contributed by atoms with E-state index in [0.717, 1.165) is 6.42 Å². The second kappa shape index (κ2) is 11.3. The SMILES string of the molecule is CCOC(=O)CCCCCCCCCCC(C)(C)C. The fourth-order valence-corrected chi connectivity index (χ4v) is 2.22. The average molecular weight is 270 g/mol. The van der Waals surface area contributed by atoms with Crippen LogP contribution in [-0.2, 0) is 9.53 Å². The van der Waals surface area contributed by atoms with E-state index >= 15 is 0 Å². The maximum Gasteiger partial charge on any atom is 0.305 e. The first-order valence-corrected chi connectivity index (χ1v) is 8.11. The average Bonchev–Trinajstić information content (AvgIpc) is 2.30. The van der Waals surface area contributed by atoms with Crippen molar-refractivity contribution in [3.8, 4) is 0 Å². The van der Waals surface area contributed by atoms with E-state index in [1.165, 1.54) is 51.4 Å². The number of rotatable bonds is 11. The van der Waals surface area contributed by atoms with Gasteiger partial charge in [0.25, 0.3) is 0 Å². The molecule has 114 valence electrons. The van der Waals surface area contributed by atoms with Gasteiger partial charge in [-0.3, -0.25) is 4.79 Å². The molecule has 0 spiro atoms. The quantitative estimate of drug-likeness (QED) is 0.366. The third kappa shape index (κ3) is 15.4. The van der Waals surface area contributed by atoms with E-state index in [1.54, 1.807) is 0 Å². The van der Waals surface area contributed by atoms with Crippen molar-refractivity contribution in [3.63, 3.8) is 0 Å². The summed E-state index contributed by atoms with van der Waals surface area (Å²) in [4.78, 5) is 11.1. The van der Waals surface area contributed by atoms with Crippen LogP contribution in [0.4, 0.5) is 0 Å².